The quantitative estimate of drug-likeness (QED) is 0.562. The minimum Gasteiger partial charge on any atom is -0.354 e. The van der Waals surface area contributed by atoms with Crippen LogP contribution in [0.4, 0.5) is 4.39 Å². The molecule has 2 aromatic rings. The van der Waals surface area contributed by atoms with E-state index in [0.29, 0.717) is 13.0 Å². The van der Waals surface area contributed by atoms with Crippen molar-refractivity contribution >= 4 is 23.6 Å². The number of hydrogen-bond acceptors (Lipinski definition) is 3. The second kappa shape index (κ2) is 12.4. The fourth-order valence-electron chi connectivity index (χ4n) is 3.10. The molecule has 0 bridgehead atoms. The largest absolute Gasteiger partial charge is 0.354 e. The van der Waals surface area contributed by atoms with Gasteiger partial charge in [-0.05, 0) is 43.0 Å². The number of rotatable bonds is 11. The molecule has 1 N–H and O–H groups in total. The van der Waals surface area contributed by atoms with Crippen molar-refractivity contribution in [2.24, 2.45) is 0 Å². The fraction of sp³-hybridized carbons (Fsp3) is 0.417. The number of nitrogens with zero attached hydrogens (tertiary/aromatic N) is 1. The predicted molar refractivity (Wildman–Crippen MR) is 122 cm³/mol. The van der Waals surface area contributed by atoms with Crippen LogP contribution >= 0.6 is 11.8 Å². The van der Waals surface area contributed by atoms with Gasteiger partial charge >= 0.3 is 0 Å². The van der Waals surface area contributed by atoms with Gasteiger partial charge in [0, 0.05) is 18.8 Å². The van der Waals surface area contributed by atoms with Gasteiger partial charge < -0.3 is 10.2 Å². The molecule has 4 nitrogen and oxygen atoms in total. The van der Waals surface area contributed by atoms with Crippen molar-refractivity contribution in [3.05, 3.63) is 71.0 Å². The number of hydrogen-bond donors (Lipinski definition) is 1. The van der Waals surface area contributed by atoms with Gasteiger partial charge in [0.15, 0.2) is 0 Å². The number of nitrogens with one attached hydrogen (secondary N) is 1. The molecule has 1 atom stereocenters. The first kappa shape index (κ1) is 23.9. The maximum Gasteiger partial charge on any atom is 0.242 e. The van der Waals surface area contributed by atoms with Gasteiger partial charge in [-0.25, -0.2) is 4.39 Å². The zero-order chi connectivity index (χ0) is 21.9. The maximum absolute atomic E-state index is 13.3. The molecule has 2 amide bonds. The number of benzene rings is 2. The molecular formula is C24H31FN2O2S. The molecule has 0 radical (unpaired) electrons. The Morgan fingerprint density at radius 2 is 1.67 bits per heavy atom. The lowest BCUT2D eigenvalue weighted by Crippen LogP contribution is -2.49. The molecule has 0 saturated carbocycles. The summed E-state index contributed by atoms with van der Waals surface area (Å²) in [4.78, 5) is 27.4. The second-order valence-electron chi connectivity index (χ2n) is 7.34. The molecule has 2 aromatic carbocycles. The van der Waals surface area contributed by atoms with Crippen LogP contribution < -0.4 is 5.32 Å². The average molecular weight is 431 g/mol. The second-order valence-corrected chi connectivity index (χ2v) is 8.33. The summed E-state index contributed by atoms with van der Waals surface area (Å²) in [7, 11) is 0. The van der Waals surface area contributed by atoms with Crippen molar-refractivity contribution in [2.75, 3.05) is 12.3 Å². The standard InChI is InChI=1S/C24H31FN2O2S/c1-4-14-26-24(29)22(5-2)27(15-19-10-12-21(25)13-11-19)23(28)17-30-16-20-8-6-18(3)7-9-20/h6-13,22H,4-5,14-17H2,1-3H3,(H,26,29). The van der Waals surface area contributed by atoms with Crippen LogP contribution in [-0.2, 0) is 21.9 Å². The molecule has 0 aliphatic rings. The minimum atomic E-state index is -0.547. The van der Waals surface area contributed by atoms with E-state index in [1.807, 2.05) is 20.8 Å². The average Bonchev–Trinajstić information content (AvgIpc) is 2.74. The topological polar surface area (TPSA) is 49.4 Å². The smallest absolute Gasteiger partial charge is 0.242 e. The van der Waals surface area contributed by atoms with Crippen molar-refractivity contribution in [3.8, 4) is 0 Å². The van der Waals surface area contributed by atoms with Crippen molar-refractivity contribution in [1.82, 2.24) is 10.2 Å². The lowest BCUT2D eigenvalue weighted by atomic mass is 10.1. The molecule has 0 saturated heterocycles. The van der Waals surface area contributed by atoms with Crippen LogP contribution in [0.2, 0.25) is 0 Å². The Balaban J connectivity index is 2.09. The maximum atomic E-state index is 13.3. The lowest BCUT2D eigenvalue weighted by Gasteiger charge is -2.30. The fourth-order valence-corrected chi connectivity index (χ4v) is 3.97. The molecule has 2 rings (SSSR count). The van der Waals surface area contributed by atoms with Crippen molar-refractivity contribution in [2.45, 2.75) is 52.0 Å². The van der Waals surface area contributed by atoms with E-state index in [9.17, 15) is 14.0 Å². The van der Waals surface area contributed by atoms with E-state index in [0.717, 1.165) is 23.3 Å². The summed E-state index contributed by atoms with van der Waals surface area (Å²) in [5.74, 6) is 0.466. The summed E-state index contributed by atoms with van der Waals surface area (Å²) in [5, 5.41) is 2.90. The van der Waals surface area contributed by atoms with Crippen molar-refractivity contribution in [1.29, 1.82) is 0 Å². The number of thioether (sulfide) groups is 1. The first-order valence-electron chi connectivity index (χ1n) is 10.4. The molecule has 6 heteroatoms. The normalized spacial score (nSPS) is 11.7. The highest BCUT2D eigenvalue weighted by molar-refractivity contribution is 7.99. The number of amides is 2. The summed E-state index contributed by atoms with van der Waals surface area (Å²) in [5.41, 5.74) is 3.17. The Morgan fingerprint density at radius 3 is 2.27 bits per heavy atom. The summed E-state index contributed by atoms with van der Waals surface area (Å²) in [6.07, 6.45) is 1.35. The highest BCUT2D eigenvalue weighted by Gasteiger charge is 2.28. The van der Waals surface area contributed by atoms with Gasteiger partial charge in [-0.15, -0.1) is 11.8 Å². The van der Waals surface area contributed by atoms with Gasteiger partial charge in [-0.3, -0.25) is 9.59 Å². The van der Waals surface area contributed by atoms with Crippen molar-refractivity contribution < 1.29 is 14.0 Å². The van der Waals surface area contributed by atoms with Crippen LogP contribution in [0.5, 0.6) is 0 Å². The van der Waals surface area contributed by atoms with Crippen LogP contribution in [0.25, 0.3) is 0 Å². The zero-order valence-corrected chi connectivity index (χ0v) is 18.8. The van der Waals surface area contributed by atoms with E-state index >= 15 is 0 Å². The Labute approximate surface area is 183 Å². The summed E-state index contributed by atoms with van der Waals surface area (Å²) >= 11 is 1.54. The van der Waals surface area contributed by atoms with E-state index in [2.05, 4.69) is 29.6 Å². The molecule has 0 aliphatic carbocycles. The number of halogens is 1. The number of aryl methyl sites for hydroxylation is 1. The third kappa shape index (κ3) is 7.48. The van der Waals surface area contributed by atoms with Gasteiger partial charge in [0.05, 0.1) is 5.75 Å². The Hall–Kier alpha value is -2.34. The SMILES string of the molecule is CCCNC(=O)C(CC)N(Cc1ccc(F)cc1)C(=O)CSCc1ccc(C)cc1. The molecule has 0 spiro atoms. The van der Waals surface area contributed by atoms with Crippen LogP contribution in [0.15, 0.2) is 48.5 Å². The lowest BCUT2D eigenvalue weighted by molar-refractivity contribution is -0.139. The van der Waals surface area contributed by atoms with Gasteiger partial charge in [0.2, 0.25) is 11.8 Å². The van der Waals surface area contributed by atoms with Crippen LogP contribution in [0.3, 0.4) is 0 Å². The van der Waals surface area contributed by atoms with Gasteiger partial charge in [0.1, 0.15) is 11.9 Å². The van der Waals surface area contributed by atoms with E-state index in [1.54, 1.807) is 17.0 Å². The number of carbonyl (C=O) groups excluding carboxylic acids is 2. The first-order valence-corrected chi connectivity index (χ1v) is 11.5. The first-order chi connectivity index (χ1) is 14.4. The summed E-state index contributed by atoms with van der Waals surface area (Å²) < 4.78 is 13.3. The molecule has 162 valence electrons. The minimum absolute atomic E-state index is 0.0880. The van der Waals surface area contributed by atoms with Gasteiger partial charge in [-0.1, -0.05) is 55.8 Å². The third-order valence-electron chi connectivity index (χ3n) is 4.82. The molecule has 1 unspecified atom stereocenters. The molecule has 0 heterocycles. The molecule has 0 fully saturated rings. The van der Waals surface area contributed by atoms with Crippen LogP contribution in [0, 0.1) is 12.7 Å². The van der Waals surface area contributed by atoms with Crippen molar-refractivity contribution in [3.63, 3.8) is 0 Å². The monoisotopic (exact) mass is 430 g/mol. The highest BCUT2D eigenvalue weighted by Crippen LogP contribution is 2.18. The van der Waals surface area contributed by atoms with E-state index in [-0.39, 0.29) is 29.9 Å². The summed E-state index contributed by atoms with van der Waals surface area (Å²) in [6.45, 7) is 6.80. The molecular weight excluding hydrogens is 399 g/mol. The molecule has 30 heavy (non-hydrogen) atoms. The zero-order valence-electron chi connectivity index (χ0n) is 18.0. The highest BCUT2D eigenvalue weighted by atomic mass is 32.2. The predicted octanol–water partition coefficient (Wildman–Crippen LogP) is 4.70. The summed E-state index contributed by atoms with van der Waals surface area (Å²) in [6, 6.07) is 13.8. The Morgan fingerprint density at radius 1 is 1.03 bits per heavy atom. The van der Waals surface area contributed by atoms with Crippen LogP contribution in [0.1, 0.15) is 43.4 Å². The van der Waals surface area contributed by atoms with Gasteiger partial charge in [0.25, 0.3) is 0 Å². The van der Waals surface area contributed by atoms with E-state index in [4.69, 9.17) is 0 Å². The van der Waals surface area contributed by atoms with Crippen LogP contribution in [-0.4, -0.2) is 35.1 Å². The number of carbonyl (C=O) groups is 2. The van der Waals surface area contributed by atoms with Gasteiger partial charge in [-0.2, -0.15) is 0 Å². The van der Waals surface area contributed by atoms with E-state index < -0.39 is 6.04 Å². The molecule has 0 aromatic heterocycles. The Kier molecular flexibility index (Phi) is 9.87. The Bertz CT molecular complexity index is 809. The third-order valence-corrected chi connectivity index (χ3v) is 5.80. The molecule has 0 aliphatic heterocycles. The van der Waals surface area contributed by atoms with E-state index in [1.165, 1.54) is 29.5 Å².